The van der Waals surface area contributed by atoms with E-state index >= 15 is 0 Å². The minimum absolute atomic E-state index is 0.438. The highest BCUT2D eigenvalue weighted by Gasteiger charge is 2.51. The van der Waals surface area contributed by atoms with E-state index in [2.05, 4.69) is 20.6 Å². The van der Waals surface area contributed by atoms with Crippen molar-refractivity contribution in [2.75, 3.05) is 0 Å². The SMILES string of the molecule is Cc1noc(-c2ccc(-c3ccc(C4(C(=O)O)CC4)cc3)cc2)c1[C@@H](O)c1n[nH]nc1Cc1ccccc1. The molecule has 1 aliphatic carbocycles. The van der Waals surface area contributed by atoms with Crippen molar-refractivity contribution in [1.29, 1.82) is 0 Å². The number of carboxylic acids is 1. The summed E-state index contributed by atoms with van der Waals surface area (Å²) in [6.45, 7) is 1.79. The average molecular weight is 507 g/mol. The minimum atomic E-state index is -1.06. The number of aliphatic hydroxyl groups is 1. The van der Waals surface area contributed by atoms with Gasteiger partial charge in [0, 0.05) is 12.0 Å². The number of benzene rings is 3. The first-order valence-electron chi connectivity index (χ1n) is 12.5. The molecule has 3 N–H and O–H groups in total. The lowest BCUT2D eigenvalue weighted by atomic mass is 9.93. The second-order valence-corrected chi connectivity index (χ2v) is 9.77. The fourth-order valence-electron chi connectivity index (χ4n) is 4.99. The Kier molecular flexibility index (Phi) is 5.88. The monoisotopic (exact) mass is 506 g/mol. The van der Waals surface area contributed by atoms with Crippen LogP contribution in [0.2, 0.25) is 0 Å². The molecule has 1 atom stereocenters. The molecule has 5 aromatic rings. The van der Waals surface area contributed by atoms with E-state index in [-0.39, 0.29) is 0 Å². The molecule has 2 aromatic heterocycles. The van der Waals surface area contributed by atoms with Gasteiger partial charge in [-0.2, -0.15) is 15.4 Å². The summed E-state index contributed by atoms with van der Waals surface area (Å²) in [5, 5.41) is 36.2. The summed E-state index contributed by atoms with van der Waals surface area (Å²) < 4.78 is 5.66. The predicted molar refractivity (Wildman–Crippen MR) is 140 cm³/mol. The summed E-state index contributed by atoms with van der Waals surface area (Å²) >= 11 is 0. The van der Waals surface area contributed by atoms with Crippen LogP contribution in [0.25, 0.3) is 22.5 Å². The van der Waals surface area contributed by atoms with Gasteiger partial charge in [-0.25, -0.2) is 0 Å². The van der Waals surface area contributed by atoms with Crippen molar-refractivity contribution >= 4 is 5.97 Å². The van der Waals surface area contributed by atoms with Crippen LogP contribution >= 0.6 is 0 Å². The van der Waals surface area contributed by atoms with E-state index in [0.29, 0.717) is 47.7 Å². The number of rotatable bonds is 8. The molecule has 1 fully saturated rings. The summed E-state index contributed by atoms with van der Waals surface area (Å²) in [7, 11) is 0. The van der Waals surface area contributed by atoms with Crippen LogP contribution in [0.15, 0.2) is 83.4 Å². The largest absolute Gasteiger partial charge is 0.481 e. The molecule has 0 bridgehead atoms. The lowest BCUT2D eigenvalue weighted by molar-refractivity contribution is -0.140. The fraction of sp³-hybridized carbons (Fsp3) is 0.200. The van der Waals surface area contributed by atoms with Crippen molar-refractivity contribution in [3.8, 4) is 22.5 Å². The summed E-state index contributed by atoms with van der Waals surface area (Å²) in [6.07, 6.45) is 0.835. The maximum Gasteiger partial charge on any atom is 0.314 e. The fourth-order valence-corrected chi connectivity index (χ4v) is 4.99. The molecule has 1 aliphatic rings. The summed E-state index contributed by atoms with van der Waals surface area (Å²) in [6, 6.07) is 25.4. The van der Waals surface area contributed by atoms with Crippen molar-refractivity contribution in [1.82, 2.24) is 20.6 Å². The molecule has 0 unspecified atom stereocenters. The number of aliphatic hydroxyl groups excluding tert-OH is 1. The Morgan fingerprint density at radius 2 is 1.58 bits per heavy atom. The number of aromatic nitrogens is 4. The zero-order valence-electron chi connectivity index (χ0n) is 20.8. The van der Waals surface area contributed by atoms with Crippen molar-refractivity contribution in [3.05, 3.63) is 113 Å². The third kappa shape index (κ3) is 4.18. The topological polar surface area (TPSA) is 125 Å². The van der Waals surface area contributed by atoms with E-state index in [0.717, 1.165) is 27.8 Å². The zero-order valence-corrected chi connectivity index (χ0v) is 20.8. The first-order chi connectivity index (χ1) is 18.5. The number of aliphatic carboxylic acids is 1. The summed E-state index contributed by atoms with van der Waals surface area (Å²) in [5.74, 6) is -0.282. The van der Waals surface area contributed by atoms with Crippen LogP contribution < -0.4 is 0 Å². The molecule has 8 nitrogen and oxygen atoms in total. The number of hydrogen-bond donors (Lipinski definition) is 3. The van der Waals surface area contributed by atoms with Gasteiger partial charge >= 0.3 is 5.97 Å². The van der Waals surface area contributed by atoms with Gasteiger partial charge in [0.1, 0.15) is 11.8 Å². The van der Waals surface area contributed by atoms with E-state index in [4.69, 9.17) is 4.52 Å². The first-order valence-corrected chi connectivity index (χ1v) is 12.5. The molecular formula is C30H26N4O4. The van der Waals surface area contributed by atoms with Gasteiger partial charge in [0.25, 0.3) is 0 Å². The van der Waals surface area contributed by atoms with Crippen LogP contribution in [0.5, 0.6) is 0 Å². The van der Waals surface area contributed by atoms with Gasteiger partial charge in [0.05, 0.1) is 22.4 Å². The Bertz CT molecular complexity index is 1580. The van der Waals surface area contributed by atoms with Crippen LogP contribution in [0.3, 0.4) is 0 Å². The van der Waals surface area contributed by atoms with Crippen LogP contribution in [0.4, 0.5) is 0 Å². The Labute approximate surface area is 219 Å². The van der Waals surface area contributed by atoms with E-state index in [1.165, 1.54) is 0 Å². The molecule has 0 saturated heterocycles. The molecule has 190 valence electrons. The Balaban J connectivity index is 1.26. The number of aryl methyl sites for hydroxylation is 1. The van der Waals surface area contributed by atoms with Crippen LogP contribution in [0, 0.1) is 6.92 Å². The smallest absolute Gasteiger partial charge is 0.314 e. The van der Waals surface area contributed by atoms with Crippen LogP contribution in [0.1, 0.15) is 52.7 Å². The van der Waals surface area contributed by atoms with Gasteiger partial charge in [-0.1, -0.05) is 84.0 Å². The second kappa shape index (κ2) is 9.39. The molecule has 38 heavy (non-hydrogen) atoms. The lowest BCUT2D eigenvalue weighted by Crippen LogP contribution is -2.19. The molecular weight excluding hydrogens is 480 g/mol. The minimum Gasteiger partial charge on any atom is -0.481 e. The average Bonchev–Trinajstić information content (AvgIpc) is 3.49. The number of hydrogen-bond acceptors (Lipinski definition) is 6. The predicted octanol–water partition coefficient (Wildman–Crippen LogP) is 5.22. The van der Waals surface area contributed by atoms with Crippen LogP contribution in [-0.4, -0.2) is 36.7 Å². The van der Waals surface area contributed by atoms with Gasteiger partial charge in [0.15, 0.2) is 5.76 Å². The molecule has 0 radical (unpaired) electrons. The third-order valence-electron chi connectivity index (χ3n) is 7.38. The summed E-state index contributed by atoms with van der Waals surface area (Å²) in [4.78, 5) is 11.6. The first kappa shape index (κ1) is 23.8. The van der Waals surface area contributed by atoms with Crippen LogP contribution in [-0.2, 0) is 16.6 Å². The lowest BCUT2D eigenvalue weighted by Gasteiger charge is -2.12. The molecule has 6 rings (SSSR count). The second-order valence-electron chi connectivity index (χ2n) is 9.77. The molecule has 8 heteroatoms. The van der Waals surface area contributed by atoms with Crippen molar-refractivity contribution in [2.24, 2.45) is 0 Å². The highest BCUT2D eigenvalue weighted by Crippen LogP contribution is 2.48. The quantitative estimate of drug-likeness (QED) is 0.263. The van der Waals surface area contributed by atoms with E-state index < -0.39 is 17.5 Å². The Hall–Kier alpha value is -4.56. The normalized spacial score (nSPS) is 14.8. The molecule has 0 amide bonds. The number of aromatic amines is 1. The highest BCUT2D eigenvalue weighted by molar-refractivity contribution is 5.85. The van der Waals surface area contributed by atoms with E-state index in [9.17, 15) is 15.0 Å². The van der Waals surface area contributed by atoms with Crippen molar-refractivity contribution in [3.63, 3.8) is 0 Å². The standard InChI is InChI=1S/C30H26N4O4/c1-18-25(27(35)26-24(31-34-32-26)17-19-5-3-2-4-6-19)28(38-33-18)22-9-7-20(8-10-22)21-11-13-23(14-12-21)30(15-16-30)29(36)37/h2-14,27,35H,15-17H2,1H3,(H,36,37)(H,31,32,34)/t27-/m1/s1. The van der Waals surface area contributed by atoms with Crippen molar-refractivity contribution in [2.45, 2.75) is 37.7 Å². The summed E-state index contributed by atoms with van der Waals surface area (Å²) in [5.41, 5.74) is 6.17. The Morgan fingerprint density at radius 1 is 0.947 bits per heavy atom. The van der Waals surface area contributed by atoms with Gasteiger partial charge in [-0.3, -0.25) is 4.79 Å². The third-order valence-corrected chi connectivity index (χ3v) is 7.38. The maximum absolute atomic E-state index is 11.6. The zero-order chi connectivity index (χ0) is 26.3. The van der Waals surface area contributed by atoms with Gasteiger partial charge in [0.2, 0.25) is 0 Å². The van der Waals surface area contributed by atoms with Gasteiger partial charge in [-0.15, -0.1) is 0 Å². The maximum atomic E-state index is 11.6. The van der Waals surface area contributed by atoms with Gasteiger partial charge < -0.3 is 14.7 Å². The Morgan fingerprint density at radius 3 is 2.21 bits per heavy atom. The number of H-pyrrole nitrogens is 1. The highest BCUT2D eigenvalue weighted by atomic mass is 16.5. The van der Waals surface area contributed by atoms with Crippen molar-refractivity contribution < 1.29 is 19.5 Å². The number of carboxylic acid groups (broad SMARTS) is 1. The molecule has 0 spiro atoms. The molecule has 2 heterocycles. The number of carbonyl (C=O) groups is 1. The van der Waals surface area contributed by atoms with Gasteiger partial charge in [-0.05, 0) is 42.0 Å². The molecule has 0 aliphatic heterocycles. The number of nitrogens with zero attached hydrogens (tertiary/aromatic N) is 3. The molecule has 3 aromatic carbocycles. The van der Waals surface area contributed by atoms with E-state index in [1.807, 2.05) is 78.9 Å². The van der Waals surface area contributed by atoms with E-state index in [1.54, 1.807) is 6.92 Å². The molecule has 1 saturated carbocycles. The number of nitrogens with one attached hydrogen (secondary N) is 1.